The van der Waals surface area contributed by atoms with Crippen molar-refractivity contribution in [3.63, 3.8) is 0 Å². The Morgan fingerprint density at radius 3 is 2.65 bits per heavy atom. The number of carbonyl (C=O) groups excluding carboxylic acids is 2. The average molecular weight is 517 g/mol. The molecule has 188 valence electrons. The SMILES string of the molecule is C[C@H](N)C(=O)O[C@@H](C)C(=O)OC1=CC[C@@]2(O)[C@@H]3Cc4ccc(O)c5c4[C@@]2(CCN3C)[C@H]1O5.Cl.Cl. The van der Waals surface area contributed by atoms with Crippen LogP contribution >= 0.6 is 24.8 Å². The van der Waals surface area contributed by atoms with Crippen molar-refractivity contribution in [1.82, 2.24) is 4.90 Å². The summed E-state index contributed by atoms with van der Waals surface area (Å²) in [6.07, 6.45) is 1.24. The fourth-order valence-corrected chi connectivity index (χ4v) is 5.97. The van der Waals surface area contributed by atoms with Crippen LogP contribution in [0.1, 0.15) is 37.8 Å². The Balaban J connectivity index is 0.00000162. The van der Waals surface area contributed by atoms with Crippen LogP contribution in [0, 0.1) is 0 Å². The number of phenolic OH excluding ortho intramolecular Hbond substituents is 1. The number of likely N-dealkylation sites (tertiary alicyclic amines) is 1. The van der Waals surface area contributed by atoms with Crippen LogP contribution in [0.15, 0.2) is 24.0 Å². The lowest BCUT2D eigenvalue weighted by atomic mass is 9.50. The molecule has 0 amide bonds. The smallest absolute Gasteiger partial charge is 0.352 e. The molecule has 0 aromatic heterocycles. The lowest BCUT2D eigenvalue weighted by Crippen LogP contribution is -2.74. The predicted molar refractivity (Wildman–Crippen MR) is 126 cm³/mol. The van der Waals surface area contributed by atoms with Crippen LogP contribution in [0.4, 0.5) is 0 Å². The molecular formula is C23H30Cl2N2O7. The number of benzene rings is 1. The third-order valence-electron chi connectivity index (χ3n) is 7.57. The van der Waals surface area contributed by atoms with Crippen LogP contribution in [0.3, 0.4) is 0 Å². The van der Waals surface area contributed by atoms with E-state index in [2.05, 4.69) is 4.90 Å². The Labute approximate surface area is 210 Å². The fourth-order valence-electron chi connectivity index (χ4n) is 5.97. The maximum absolute atomic E-state index is 12.7. The number of aliphatic hydroxyl groups is 1. The van der Waals surface area contributed by atoms with Gasteiger partial charge in [-0.1, -0.05) is 6.07 Å². The summed E-state index contributed by atoms with van der Waals surface area (Å²) in [5.74, 6) is -0.859. The van der Waals surface area contributed by atoms with Gasteiger partial charge >= 0.3 is 11.9 Å². The van der Waals surface area contributed by atoms with Crippen LogP contribution < -0.4 is 10.5 Å². The summed E-state index contributed by atoms with van der Waals surface area (Å²) >= 11 is 0. The van der Waals surface area contributed by atoms with Crippen molar-refractivity contribution in [3.8, 4) is 11.5 Å². The molecule has 0 saturated carbocycles. The number of nitrogens with two attached hydrogens (primary N) is 1. The highest BCUT2D eigenvalue weighted by Gasteiger charge is 2.72. The predicted octanol–water partition coefficient (Wildman–Crippen LogP) is 1.34. The van der Waals surface area contributed by atoms with E-state index in [0.29, 0.717) is 18.6 Å². The summed E-state index contributed by atoms with van der Waals surface area (Å²) < 4.78 is 17.0. The lowest BCUT2D eigenvalue weighted by Gasteiger charge is -2.61. The number of ether oxygens (including phenoxy) is 3. The molecule has 0 unspecified atom stereocenters. The summed E-state index contributed by atoms with van der Waals surface area (Å²) in [5, 5.41) is 22.6. The Morgan fingerprint density at radius 1 is 1.26 bits per heavy atom. The van der Waals surface area contributed by atoms with E-state index in [1.165, 1.54) is 13.8 Å². The zero-order chi connectivity index (χ0) is 23.0. The number of halogens is 2. The van der Waals surface area contributed by atoms with Crippen molar-refractivity contribution in [2.45, 2.75) is 68.4 Å². The van der Waals surface area contributed by atoms with Gasteiger partial charge in [-0.25, -0.2) is 4.79 Å². The van der Waals surface area contributed by atoms with E-state index in [1.807, 2.05) is 13.1 Å². The van der Waals surface area contributed by atoms with Crippen molar-refractivity contribution >= 4 is 36.8 Å². The summed E-state index contributed by atoms with van der Waals surface area (Å²) in [6, 6.07) is 2.49. The Bertz CT molecular complexity index is 1050. The molecule has 2 aliphatic carbocycles. The molecule has 5 rings (SSSR count). The Morgan fingerprint density at radius 2 is 1.97 bits per heavy atom. The minimum Gasteiger partial charge on any atom is -0.504 e. The number of phenols is 1. The molecule has 1 saturated heterocycles. The van der Waals surface area contributed by atoms with Gasteiger partial charge in [-0.05, 0) is 58.0 Å². The first kappa shape index (κ1) is 26.6. The van der Waals surface area contributed by atoms with E-state index in [4.69, 9.17) is 19.9 Å². The minimum absolute atomic E-state index is 0. The second-order valence-corrected chi connectivity index (χ2v) is 9.39. The highest BCUT2D eigenvalue weighted by Crippen LogP contribution is 2.65. The number of hydrogen-bond acceptors (Lipinski definition) is 9. The summed E-state index contributed by atoms with van der Waals surface area (Å²) in [5.41, 5.74) is 5.35. The molecule has 1 aromatic rings. The molecule has 1 aromatic carbocycles. The number of likely N-dealkylation sites (N-methyl/N-ethyl adjacent to an activating group) is 1. The largest absolute Gasteiger partial charge is 0.504 e. The van der Waals surface area contributed by atoms with Crippen LogP contribution in [-0.2, 0) is 30.9 Å². The molecule has 11 heteroatoms. The molecule has 2 heterocycles. The van der Waals surface area contributed by atoms with Gasteiger partial charge in [0.25, 0.3) is 0 Å². The number of rotatable bonds is 4. The third-order valence-corrected chi connectivity index (χ3v) is 7.57. The molecule has 2 bridgehead atoms. The highest BCUT2D eigenvalue weighted by atomic mass is 35.5. The first-order chi connectivity index (χ1) is 15.1. The van der Waals surface area contributed by atoms with Gasteiger partial charge in [-0.15, -0.1) is 24.8 Å². The number of carbonyl (C=O) groups is 2. The topological polar surface area (TPSA) is 132 Å². The number of aromatic hydroxyl groups is 1. The van der Waals surface area contributed by atoms with E-state index in [-0.39, 0.29) is 48.8 Å². The molecule has 4 aliphatic rings. The number of esters is 2. The zero-order valence-corrected chi connectivity index (χ0v) is 20.8. The molecule has 4 N–H and O–H groups in total. The molecule has 0 radical (unpaired) electrons. The van der Waals surface area contributed by atoms with Crippen molar-refractivity contribution < 1.29 is 34.0 Å². The number of hydrogen-bond donors (Lipinski definition) is 3. The molecular weight excluding hydrogens is 487 g/mol. The summed E-state index contributed by atoms with van der Waals surface area (Å²) in [7, 11) is 2.00. The van der Waals surface area contributed by atoms with Gasteiger partial charge in [0, 0.05) is 18.0 Å². The lowest BCUT2D eigenvalue weighted by molar-refractivity contribution is -0.175. The maximum Gasteiger partial charge on any atom is 0.352 e. The summed E-state index contributed by atoms with van der Waals surface area (Å²) in [6.45, 7) is 3.61. The van der Waals surface area contributed by atoms with Gasteiger partial charge in [-0.3, -0.25) is 4.79 Å². The average Bonchev–Trinajstić information content (AvgIpc) is 3.10. The second-order valence-electron chi connectivity index (χ2n) is 9.39. The van der Waals surface area contributed by atoms with E-state index in [1.54, 1.807) is 12.1 Å². The van der Waals surface area contributed by atoms with Gasteiger partial charge in [0.2, 0.25) is 0 Å². The Kier molecular flexibility index (Phi) is 6.93. The molecule has 34 heavy (non-hydrogen) atoms. The van der Waals surface area contributed by atoms with E-state index in [0.717, 1.165) is 17.7 Å². The van der Waals surface area contributed by atoms with E-state index in [9.17, 15) is 19.8 Å². The minimum atomic E-state index is -1.16. The van der Waals surface area contributed by atoms with Crippen molar-refractivity contribution in [2.24, 2.45) is 5.73 Å². The second kappa shape index (κ2) is 8.87. The fraction of sp³-hybridized carbons (Fsp3) is 0.565. The van der Waals surface area contributed by atoms with E-state index >= 15 is 0 Å². The quantitative estimate of drug-likeness (QED) is 0.507. The molecule has 6 atom stereocenters. The van der Waals surface area contributed by atoms with Crippen molar-refractivity contribution in [2.75, 3.05) is 13.6 Å². The summed E-state index contributed by atoms with van der Waals surface area (Å²) in [4.78, 5) is 26.6. The van der Waals surface area contributed by atoms with Crippen LogP contribution in [0.25, 0.3) is 0 Å². The first-order valence-electron chi connectivity index (χ1n) is 10.9. The normalized spacial score (nSPS) is 32.0. The van der Waals surface area contributed by atoms with Gasteiger partial charge in [0.05, 0.1) is 11.0 Å². The zero-order valence-electron chi connectivity index (χ0n) is 19.1. The number of piperidine rings is 1. The van der Waals surface area contributed by atoms with Crippen molar-refractivity contribution in [1.29, 1.82) is 0 Å². The third kappa shape index (κ3) is 3.40. The van der Waals surface area contributed by atoms with Crippen LogP contribution in [0.2, 0.25) is 0 Å². The number of nitrogens with zero attached hydrogens (tertiary/aromatic N) is 1. The molecule has 1 fully saturated rings. The van der Waals surface area contributed by atoms with Crippen LogP contribution in [0.5, 0.6) is 11.5 Å². The van der Waals surface area contributed by atoms with Gasteiger partial charge < -0.3 is 35.1 Å². The van der Waals surface area contributed by atoms with Crippen LogP contribution in [-0.4, -0.2) is 70.5 Å². The Hall–Kier alpha value is -2.04. The highest BCUT2D eigenvalue weighted by molar-refractivity contribution is 5.85. The maximum atomic E-state index is 12.7. The first-order valence-corrected chi connectivity index (χ1v) is 10.9. The molecule has 2 aliphatic heterocycles. The van der Waals surface area contributed by atoms with Crippen molar-refractivity contribution in [3.05, 3.63) is 35.1 Å². The van der Waals surface area contributed by atoms with Gasteiger partial charge in [-0.2, -0.15) is 0 Å². The monoisotopic (exact) mass is 516 g/mol. The van der Waals surface area contributed by atoms with E-state index < -0.39 is 41.2 Å². The molecule has 1 spiro atoms. The van der Waals surface area contributed by atoms with Gasteiger partial charge in [0.1, 0.15) is 11.8 Å². The standard InChI is InChI=1S/C23H28N2O7.2ClH/c1-11(24)20(27)30-12(2)21(28)31-15-6-7-23(29)16-10-13-4-5-14(26)18-17(13)22(23,19(15)32-18)8-9-25(16)3;;/h4-6,11-12,16,19,26,29H,7-10,24H2,1-3H3;2*1H/t11-,12-,16-,19-,22-,23+;;/m0../s1. The van der Waals surface area contributed by atoms with Gasteiger partial charge in [0.15, 0.2) is 23.7 Å². The molecule has 9 nitrogen and oxygen atoms in total.